The largest absolute Gasteiger partial charge is 2.00 e. The van der Waals surface area contributed by atoms with Crippen LogP contribution in [0.2, 0.25) is 0 Å². The monoisotopic (exact) mass is 955 g/mol. The van der Waals surface area contributed by atoms with E-state index in [1.54, 1.807) is 0 Å². The van der Waals surface area contributed by atoms with Crippen LogP contribution in [0, 0.1) is 0 Å². The van der Waals surface area contributed by atoms with Gasteiger partial charge in [-0.25, -0.2) is 0 Å². The summed E-state index contributed by atoms with van der Waals surface area (Å²) in [5, 5.41) is 0. The molecule has 0 aromatic carbocycles. The minimum Gasteiger partial charge on any atom is -0.411 e. The van der Waals surface area contributed by atoms with Gasteiger partial charge in [0.05, 0.1) is 0 Å². The average molecular weight is 954 g/mol. The Morgan fingerprint density at radius 2 is 0.386 bits per heavy atom. The molecule has 0 atom stereocenters. The predicted octanol–water partition coefficient (Wildman–Crippen LogP) is 17.9. The predicted molar refractivity (Wildman–Crippen MR) is 270 cm³/mol. The molecule has 0 heterocycles. The van der Waals surface area contributed by atoms with E-state index in [1.807, 2.05) is 0 Å². The minimum atomic E-state index is 0. The molecule has 0 amide bonds. The normalized spacial score (nSPS) is 10.9. The van der Waals surface area contributed by atoms with Crippen molar-refractivity contribution in [3.8, 4) is 0 Å². The minimum absolute atomic E-state index is 0. The van der Waals surface area contributed by atoms with E-state index in [0.29, 0.717) is 8.64 Å². The van der Waals surface area contributed by atoms with Gasteiger partial charge in [-0.15, -0.1) is 0 Å². The summed E-state index contributed by atoms with van der Waals surface area (Å²) in [5.41, 5.74) is 0. The SMILES string of the molecule is CCCCCCCCCCCCN(CCCCCCCCCCCC)C(=S)[S-].CCCCCCCCCCCCN(CCCCCCCCCCCC)C(=S)[S-].[Mo+2]. The zero-order valence-electron chi connectivity index (χ0n) is 39.0. The van der Waals surface area contributed by atoms with Gasteiger partial charge in [-0.05, 0) is 25.7 Å². The van der Waals surface area contributed by atoms with Gasteiger partial charge >= 0.3 is 21.1 Å². The first-order valence-electron chi connectivity index (χ1n) is 25.4. The first kappa shape index (κ1) is 62.2. The van der Waals surface area contributed by atoms with Gasteiger partial charge in [-0.1, -0.05) is 267 Å². The third-order valence-electron chi connectivity index (χ3n) is 11.6. The number of hydrogen-bond acceptors (Lipinski definition) is 4. The van der Waals surface area contributed by atoms with Gasteiger partial charge in [0.15, 0.2) is 0 Å². The second-order valence-electron chi connectivity index (χ2n) is 17.2. The van der Waals surface area contributed by atoms with Gasteiger partial charge in [0.2, 0.25) is 0 Å². The number of nitrogens with zero attached hydrogens (tertiary/aromatic N) is 2. The maximum atomic E-state index is 5.30. The van der Waals surface area contributed by atoms with Crippen LogP contribution >= 0.6 is 24.4 Å². The van der Waals surface area contributed by atoms with Crippen LogP contribution in [0.4, 0.5) is 0 Å². The molecule has 0 aliphatic rings. The molecule has 0 aliphatic carbocycles. The maximum Gasteiger partial charge on any atom is 2.00 e. The Balaban J connectivity index is -0.00000101. The Bertz CT molecular complexity index is 661. The van der Waals surface area contributed by atoms with E-state index in [0.717, 1.165) is 26.2 Å². The Morgan fingerprint density at radius 3 is 0.509 bits per heavy atom. The van der Waals surface area contributed by atoms with E-state index in [9.17, 15) is 0 Å². The van der Waals surface area contributed by atoms with Crippen LogP contribution in [-0.4, -0.2) is 44.6 Å². The number of hydrogen-bond donors (Lipinski definition) is 0. The molecular formula is C50H100MoN2S4. The second-order valence-corrected chi connectivity index (χ2v) is 19.3. The van der Waals surface area contributed by atoms with E-state index in [-0.39, 0.29) is 21.1 Å². The van der Waals surface area contributed by atoms with Crippen molar-refractivity contribution in [2.24, 2.45) is 0 Å². The van der Waals surface area contributed by atoms with Crippen molar-refractivity contribution in [2.75, 3.05) is 26.2 Å². The zero-order chi connectivity index (χ0) is 41.4. The van der Waals surface area contributed by atoms with E-state index in [2.05, 4.69) is 37.5 Å². The van der Waals surface area contributed by atoms with Crippen LogP contribution in [0.3, 0.4) is 0 Å². The van der Waals surface area contributed by atoms with Crippen molar-refractivity contribution in [1.82, 2.24) is 9.80 Å². The standard InChI is InChI=1S/2C25H51NS2.Mo/c2*1-3-5-7-9-11-13-15-17-19-21-23-26(25(27)28)24-22-20-18-16-14-12-10-8-6-4-2;/h2*3-24H2,1-2H3,(H,27,28);/q;;+2/p-2. The van der Waals surface area contributed by atoms with Crippen molar-refractivity contribution in [2.45, 2.75) is 285 Å². The third kappa shape index (κ3) is 53.0. The van der Waals surface area contributed by atoms with Gasteiger partial charge in [-0.2, -0.15) is 0 Å². The third-order valence-corrected chi connectivity index (χ3v) is 12.7. The fourth-order valence-electron chi connectivity index (χ4n) is 7.75. The molecule has 0 radical (unpaired) electrons. The molecule has 0 aliphatic heterocycles. The van der Waals surface area contributed by atoms with E-state index in [4.69, 9.17) is 49.7 Å². The number of rotatable bonds is 44. The molecule has 0 N–H and O–H groups in total. The van der Waals surface area contributed by atoms with Crippen LogP contribution in [0.1, 0.15) is 285 Å². The summed E-state index contributed by atoms with van der Waals surface area (Å²) in [7, 11) is 0. The molecule has 0 spiro atoms. The van der Waals surface area contributed by atoms with E-state index < -0.39 is 0 Å². The van der Waals surface area contributed by atoms with Gasteiger partial charge in [-0.3, -0.25) is 0 Å². The Morgan fingerprint density at radius 1 is 0.263 bits per heavy atom. The van der Waals surface area contributed by atoms with Gasteiger partial charge < -0.3 is 59.5 Å². The van der Waals surface area contributed by atoms with Gasteiger partial charge in [0.1, 0.15) is 0 Å². The Kier molecular flexibility index (Phi) is 59.9. The zero-order valence-corrected chi connectivity index (χ0v) is 44.3. The molecule has 0 aromatic rings. The molecule has 2 nitrogen and oxygen atoms in total. The molecule has 0 saturated heterocycles. The molecular weight excluding hydrogens is 853 g/mol. The fourth-order valence-corrected chi connectivity index (χ4v) is 8.48. The average Bonchev–Trinajstić information content (AvgIpc) is 3.19. The molecule has 57 heavy (non-hydrogen) atoms. The van der Waals surface area contributed by atoms with Crippen molar-refractivity contribution in [1.29, 1.82) is 0 Å². The van der Waals surface area contributed by atoms with Crippen LogP contribution in [-0.2, 0) is 46.3 Å². The molecule has 0 fully saturated rings. The number of unbranched alkanes of at least 4 members (excludes halogenated alkanes) is 36. The van der Waals surface area contributed by atoms with Crippen molar-refractivity contribution < 1.29 is 21.1 Å². The van der Waals surface area contributed by atoms with Crippen LogP contribution in [0.5, 0.6) is 0 Å². The second kappa shape index (κ2) is 54.9. The molecule has 0 bridgehead atoms. The smallest absolute Gasteiger partial charge is 0.411 e. The van der Waals surface area contributed by atoms with E-state index >= 15 is 0 Å². The Labute approximate surface area is 397 Å². The maximum absolute atomic E-state index is 5.30. The fraction of sp³-hybridized carbons (Fsp3) is 0.960. The molecule has 340 valence electrons. The summed E-state index contributed by atoms with van der Waals surface area (Å²) >= 11 is 21.2. The van der Waals surface area contributed by atoms with Crippen LogP contribution in [0.25, 0.3) is 0 Å². The summed E-state index contributed by atoms with van der Waals surface area (Å²) < 4.78 is 1.37. The molecule has 0 aromatic heterocycles. The van der Waals surface area contributed by atoms with Crippen LogP contribution in [0.15, 0.2) is 0 Å². The quantitative estimate of drug-likeness (QED) is 0.0258. The van der Waals surface area contributed by atoms with Gasteiger partial charge in [0.25, 0.3) is 0 Å². The molecule has 0 saturated carbocycles. The summed E-state index contributed by atoms with van der Waals surface area (Å²) in [4.78, 5) is 4.56. The van der Waals surface area contributed by atoms with Crippen molar-refractivity contribution >= 4 is 58.3 Å². The topological polar surface area (TPSA) is 6.48 Å². The molecule has 7 heteroatoms. The summed E-state index contributed by atoms with van der Waals surface area (Å²) in [5.74, 6) is 0. The van der Waals surface area contributed by atoms with Gasteiger partial charge in [0, 0.05) is 26.2 Å². The Hall–Kier alpha value is 0.908. The van der Waals surface area contributed by atoms with Crippen LogP contribution < -0.4 is 0 Å². The van der Waals surface area contributed by atoms with E-state index in [1.165, 1.54) is 257 Å². The van der Waals surface area contributed by atoms with Crippen molar-refractivity contribution in [3.05, 3.63) is 0 Å². The first-order chi connectivity index (χ1) is 27.4. The molecule has 0 rings (SSSR count). The summed E-state index contributed by atoms with van der Waals surface area (Å²) in [6.07, 6.45) is 55.4. The van der Waals surface area contributed by atoms with Crippen molar-refractivity contribution in [3.63, 3.8) is 0 Å². The number of thiocarbonyl (C=S) groups is 2. The first-order valence-corrected chi connectivity index (χ1v) is 27.0. The molecule has 0 unspecified atom stereocenters. The summed E-state index contributed by atoms with van der Waals surface area (Å²) in [6, 6.07) is 0. The summed E-state index contributed by atoms with van der Waals surface area (Å²) in [6.45, 7) is 13.5.